The van der Waals surface area contributed by atoms with Gasteiger partial charge in [0.25, 0.3) is 0 Å². The first-order chi connectivity index (χ1) is 8.61. The number of nitrogens with zero attached hydrogens (tertiary/aromatic N) is 1. The second kappa shape index (κ2) is 5.08. The van der Waals surface area contributed by atoms with Crippen LogP contribution in [-0.2, 0) is 16.1 Å². The summed E-state index contributed by atoms with van der Waals surface area (Å²) in [5, 5.41) is 2.57. The van der Waals surface area contributed by atoms with Gasteiger partial charge in [0.05, 0.1) is 13.7 Å². The van der Waals surface area contributed by atoms with Crippen molar-refractivity contribution in [3.8, 4) is 5.75 Å². The molecule has 1 fully saturated rings. The van der Waals surface area contributed by atoms with Crippen LogP contribution in [0.3, 0.4) is 0 Å². The predicted octanol–water partition coefficient (Wildman–Crippen LogP) is 0.542. The molecule has 1 heterocycles. The first-order valence-electron chi connectivity index (χ1n) is 5.82. The van der Waals surface area contributed by atoms with Crippen molar-refractivity contribution in [1.82, 2.24) is 10.2 Å². The molecule has 96 valence electrons. The monoisotopic (exact) mass is 248 g/mol. The lowest BCUT2D eigenvalue weighted by Gasteiger charge is -2.32. The van der Waals surface area contributed by atoms with E-state index in [4.69, 9.17) is 4.74 Å². The highest BCUT2D eigenvalue weighted by molar-refractivity contribution is 5.94. The third-order valence-corrected chi connectivity index (χ3v) is 3.09. The Morgan fingerprint density at radius 1 is 1.33 bits per heavy atom. The molecule has 0 saturated carbocycles. The normalized spacial score (nSPS) is 19.7. The molecule has 2 amide bonds. The molecule has 18 heavy (non-hydrogen) atoms. The zero-order valence-electron chi connectivity index (χ0n) is 10.5. The number of amides is 2. The van der Waals surface area contributed by atoms with Crippen molar-refractivity contribution in [2.45, 2.75) is 19.5 Å². The van der Waals surface area contributed by atoms with Crippen molar-refractivity contribution in [2.24, 2.45) is 0 Å². The molecule has 0 aromatic heterocycles. The lowest BCUT2D eigenvalue weighted by molar-refractivity contribution is -0.145. The maximum Gasteiger partial charge on any atom is 0.242 e. The van der Waals surface area contributed by atoms with Crippen LogP contribution in [0.25, 0.3) is 0 Å². The van der Waals surface area contributed by atoms with Crippen molar-refractivity contribution in [3.63, 3.8) is 0 Å². The van der Waals surface area contributed by atoms with Gasteiger partial charge in [-0.25, -0.2) is 0 Å². The number of rotatable bonds is 3. The van der Waals surface area contributed by atoms with Crippen molar-refractivity contribution in [2.75, 3.05) is 13.7 Å². The van der Waals surface area contributed by atoms with Crippen molar-refractivity contribution in [1.29, 1.82) is 0 Å². The molecule has 0 radical (unpaired) electrons. The Hall–Kier alpha value is -2.04. The molecule has 2 rings (SSSR count). The zero-order valence-corrected chi connectivity index (χ0v) is 10.5. The van der Waals surface area contributed by atoms with Crippen molar-refractivity contribution in [3.05, 3.63) is 29.8 Å². The van der Waals surface area contributed by atoms with Gasteiger partial charge in [-0.2, -0.15) is 0 Å². The van der Waals surface area contributed by atoms with Gasteiger partial charge in [0.1, 0.15) is 11.8 Å². The van der Waals surface area contributed by atoms with Gasteiger partial charge >= 0.3 is 0 Å². The minimum absolute atomic E-state index is 0.0575. The number of carbonyl (C=O) groups excluding carboxylic acids is 2. The molecular weight excluding hydrogens is 232 g/mol. The van der Waals surface area contributed by atoms with Crippen molar-refractivity contribution >= 4 is 11.8 Å². The maximum absolute atomic E-state index is 11.8. The van der Waals surface area contributed by atoms with Crippen LogP contribution in [0, 0.1) is 0 Å². The summed E-state index contributed by atoms with van der Waals surface area (Å²) in [6.45, 7) is 2.26. The summed E-state index contributed by atoms with van der Waals surface area (Å²) >= 11 is 0. The number of nitrogens with one attached hydrogen (secondary N) is 1. The molecule has 1 aromatic rings. The number of benzene rings is 1. The summed E-state index contributed by atoms with van der Waals surface area (Å²) in [7, 11) is 1.61. The fraction of sp³-hybridized carbons (Fsp3) is 0.385. The summed E-state index contributed by atoms with van der Waals surface area (Å²) in [6.07, 6.45) is 0. The van der Waals surface area contributed by atoms with Gasteiger partial charge in [0, 0.05) is 6.54 Å². The number of ether oxygens (including phenoxy) is 1. The number of hydrogen-bond donors (Lipinski definition) is 1. The molecular formula is C13H16N2O3. The van der Waals surface area contributed by atoms with E-state index in [0.29, 0.717) is 6.54 Å². The molecule has 0 unspecified atom stereocenters. The molecule has 5 nitrogen and oxygen atoms in total. The first kappa shape index (κ1) is 12.4. The van der Waals surface area contributed by atoms with Crippen LogP contribution in [0.1, 0.15) is 12.5 Å². The second-order valence-electron chi connectivity index (χ2n) is 4.26. The van der Waals surface area contributed by atoms with Crippen LogP contribution in [0.2, 0.25) is 0 Å². The molecule has 0 spiro atoms. The highest BCUT2D eigenvalue weighted by atomic mass is 16.5. The minimum atomic E-state index is -0.423. The molecule has 0 aliphatic carbocycles. The Kier molecular flexibility index (Phi) is 3.50. The summed E-state index contributed by atoms with van der Waals surface area (Å²) in [5.41, 5.74) is 0.978. The average molecular weight is 248 g/mol. The lowest BCUT2D eigenvalue weighted by Crippen LogP contribution is -2.56. The summed E-state index contributed by atoms with van der Waals surface area (Å²) in [6, 6.07) is 7.05. The van der Waals surface area contributed by atoms with Crippen LogP contribution < -0.4 is 10.1 Å². The van der Waals surface area contributed by atoms with Gasteiger partial charge in [-0.05, 0) is 24.6 Å². The summed E-state index contributed by atoms with van der Waals surface area (Å²) in [5.74, 6) is 0.607. The van der Waals surface area contributed by atoms with Gasteiger partial charge in [-0.3, -0.25) is 9.59 Å². The van der Waals surface area contributed by atoms with Crippen LogP contribution >= 0.6 is 0 Å². The highest BCUT2D eigenvalue weighted by Gasteiger charge is 2.30. The average Bonchev–Trinajstić information content (AvgIpc) is 2.40. The molecule has 1 aromatic carbocycles. The van der Waals surface area contributed by atoms with E-state index >= 15 is 0 Å². The van der Waals surface area contributed by atoms with Gasteiger partial charge in [0.2, 0.25) is 11.8 Å². The second-order valence-corrected chi connectivity index (χ2v) is 4.26. The molecule has 5 heteroatoms. The van der Waals surface area contributed by atoms with E-state index in [-0.39, 0.29) is 18.4 Å². The zero-order chi connectivity index (χ0) is 13.1. The van der Waals surface area contributed by atoms with E-state index in [1.807, 2.05) is 24.3 Å². The summed E-state index contributed by atoms with van der Waals surface area (Å²) in [4.78, 5) is 24.9. The number of carbonyl (C=O) groups is 2. The lowest BCUT2D eigenvalue weighted by atomic mass is 10.1. The molecule has 1 atom stereocenters. The SMILES string of the molecule is COc1ccc(CN2C(=O)CNC(=O)[C@H]2C)cc1. The molecule has 1 aliphatic rings. The van der Waals surface area contributed by atoms with Crippen LogP contribution in [0.4, 0.5) is 0 Å². The summed E-state index contributed by atoms with van der Waals surface area (Å²) < 4.78 is 5.07. The third kappa shape index (κ3) is 2.45. The highest BCUT2D eigenvalue weighted by Crippen LogP contribution is 2.15. The van der Waals surface area contributed by atoms with Crippen LogP contribution in [-0.4, -0.2) is 36.4 Å². The van der Waals surface area contributed by atoms with Gasteiger partial charge in [-0.15, -0.1) is 0 Å². The number of piperazine rings is 1. The smallest absolute Gasteiger partial charge is 0.242 e. The van der Waals surface area contributed by atoms with Gasteiger partial charge < -0.3 is 15.0 Å². The first-order valence-corrected chi connectivity index (χ1v) is 5.82. The quantitative estimate of drug-likeness (QED) is 0.849. The largest absolute Gasteiger partial charge is 0.497 e. The minimum Gasteiger partial charge on any atom is -0.497 e. The van der Waals surface area contributed by atoms with Gasteiger partial charge in [-0.1, -0.05) is 12.1 Å². The fourth-order valence-corrected chi connectivity index (χ4v) is 1.92. The Labute approximate surface area is 106 Å². The number of hydrogen-bond acceptors (Lipinski definition) is 3. The number of methoxy groups -OCH3 is 1. The Morgan fingerprint density at radius 3 is 2.61 bits per heavy atom. The maximum atomic E-state index is 11.8. The predicted molar refractivity (Wildman–Crippen MR) is 66.0 cm³/mol. The van der Waals surface area contributed by atoms with Crippen LogP contribution in [0.5, 0.6) is 5.75 Å². The van der Waals surface area contributed by atoms with E-state index in [1.54, 1.807) is 18.9 Å². The van der Waals surface area contributed by atoms with Gasteiger partial charge in [0.15, 0.2) is 0 Å². The molecule has 0 bridgehead atoms. The fourth-order valence-electron chi connectivity index (χ4n) is 1.92. The third-order valence-electron chi connectivity index (χ3n) is 3.09. The topological polar surface area (TPSA) is 58.6 Å². The van der Waals surface area contributed by atoms with E-state index in [9.17, 15) is 9.59 Å². The Bertz CT molecular complexity index is 456. The van der Waals surface area contributed by atoms with Crippen molar-refractivity contribution < 1.29 is 14.3 Å². The van der Waals surface area contributed by atoms with E-state index < -0.39 is 6.04 Å². The van der Waals surface area contributed by atoms with Crippen LogP contribution in [0.15, 0.2) is 24.3 Å². The Morgan fingerprint density at radius 2 is 2.00 bits per heavy atom. The molecule has 1 aliphatic heterocycles. The Balaban J connectivity index is 2.11. The van der Waals surface area contributed by atoms with E-state index in [0.717, 1.165) is 11.3 Å². The molecule has 1 saturated heterocycles. The van der Waals surface area contributed by atoms with E-state index in [1.165, 1.54) is 0 Å². The standard InChI is InChI=1S/C13H16N2O3/c1-9-13(17)14-7-12(16)15(9)8-10-3-5-11(18-2)6-4-10/h3-6,9H,7-8H2,1-2H3,(H,14,17)/t9-/m1/s1. The van der Waals surface area contributed by atoms with E-state index in [2.05, 4.69) is 5.32 Å². The molecule has 1 N–H and O–H groups in total.